The van der Waals surface area contributed by atoms with Crippen molar-refractivity contribution in [1.29, 1.82) is 0 Å². The van der Waals surface area contributed by atoms with Gasteiger partial charge in [-0.05, 0) is 13.0 Å². The molecule has 1 N–H and O–H groups in total. The van der Waals surface area contributed by atoms with Crippen molar-refractivity contribution in [3.63, 3.8) is 0 Å². The average molecular weight is 267 g/mol. The van der Waals surface area contributed by atoms with Crippen LogP contribution in [0.4, 0.5) is 0 Å². The zero-order valence-corrected chi connectivity index (χ0v) is 12.9. The molecule has 0 spiro atoms. The van der Waals surface area contributed by atoms with Crippen LogP contribution in [0.15, 0.2) is 0 Å². The monoisotopic (exact) mass is 267 g/mol. The molecule has 0 bridgehead atoms. The lowest BCUT2D eigenvalue weighted by Crippen LogP contribution is -2.61. The van der Waals surface area contributed by atoms with Gasteiger partial charge >= 0.3 is 0 Å². The fraction of sp³-hybridized carbons (Fsp3) is 1.00. The predicted octanol–water partition coefficient (Wildman–Crippen LogP) is 2.33. The van der Waals surface area contributed by atoms with Crippen molar-refractivity contribution in [1.82, 2.24) is 15.1 Å². The number of nitrogens with zero attached hydrogens (tertiary/aromatic N) is 2. The Balaban J connectivity index is 1.42. The van der Waals surface area contributed by atoms with Gasteiger partial charge in [0.2, 0.25) is 0 Å². The van der Waals surface area contributed by atoms with Crippen molar-refractivity contribution in [3.8, 4) is 0 Å². The summed E-state index contributed by atoms with van der Waals surface area (Å²) in [6, 6.07) is 0.848. The van der Waals surface area contributed by atoms with Gasteiger partial charge in [0.25, 0.3) is 0 Å². The van der Waals surface area contributed by atoms with Crippen molar-refractivity contribution in [2.75, 3.05) is 45.8 Å². The van der Waals surface area contributed by atoms with E-state index in [1.54, 1.807) is 0 Å². The van der Waals surface area contributed by atoms with E-state index < -0.39 is 0 Å². The van der Waals surface area contributed by atoms with Crippen LogP contribution in [0, 0.1) is 0 Å². The summed E-state index contributed by atoms with van der Waals surface area (Å²) in [5.41, 5.74) is 0. The highest BCUT2D eigenvalue weighted by Gasteiger charge is 2.27. The van der Waals surface area contributed by atoms with Gasteiger partial charge in [0.15, 0.2) is 0 Å². The number of piperazine rings is 1. The Kier molecular flexibility index (Phi) is 7.18. The molecule has 3 nitrogen and oxygen atoms in total. The van der Waals surface area contributed by atoms with E-state index in [1.807, 2.05) is 0 Å². The van der Waals surface area contributed by atoms with Gasteiger partial charge in [-0.3, -0.25) is 4.90 Å². The number of hydrogen-bond acceptors (Lipinski definition) is 3. The molecule has 2 fully saturated rings. The minimum atomic E-state index is 0.848. The van der Waals surface area contributed by atoms with Gasteiger partial charge in [-0.2, -0.15) is 0 Å². The van der Waals surface area contributed by atoms with Gasteiger partial charge < -0.3 is 10.2 Å². The number of hydrogen-bond donors (Lipinski definition) is 1. The van der Waals surface area contributed by atoms with Gasteiger partial charge in [0.05, 0.1) is 0 Å². The lowest BCUT2D eigenvalue weighted by molar-refractivity contribution is 0.0721. The molecular formula is C16H33N3. The van der Waals surface area contributed by atoms with Gasteiger partial charge in [-0.15, -0.1) is 0 Å². The highest BCUT2D eigenvalue weighted by molar-refractivity contribution is 4.87. The van der Waals surface area contributed by atoms with E-state index in [0.29, 0.717) is 0 Å². The fourth-order valence-electron chi connectivity index (χ4n) is 3.18. The number of unbranched alkanes of at least 4 members (excludes halogenated alkanes) is 6. The molecule has 2 rings (SSSR count). The Hall–Kier alpha value is -0.120. The summed E-state index contributed by atoms with van der Waals surface area (Å²) in [7, 11) is 0. The highest BCUT2D eigenvalue weighted by Crippen LogP contribution is 2.11. The fourth-order valence-corrected chi connectivity index (χ4v) is 3.18. The normalized spacial score (nSPS) is 22.6. The van der Waals surface area contributed by atoms with Crippen molar-refractivity contribution in [2.45, 2.75) is 57.9 Å². The molecule has 2 saturated heterocycles. The molecule has 0 aromatic carbocycles. The van der Waals surface area contributed by atoms with E-state index in [0.717, 1.165) is 6.04 Å². The van der Waals surface area contributed by atoms with Crippen LogP contribution in [0.25, 0.3) is 0 Å². The SMILES string of the molecule is CCCCCCCCCN1CCN(C2CNC2)CC1. The maximum Gasteiger partial charge on any atom is 0.0346 e. The van der Waals surface area contributed by atoms with Crippen LogP contribution < -0.4 is 5.32 Å². The van der Waals surface area contributed by atoms with E-state index in [1.165, 1.54) is 90.8 Å². The molecule has 0 unspecified atom stereocenters. The Morgan fingerprint density at radius 1 is 0.842 bits per heavy atom. The van der Waals surface area contributed by atoms with Crippen LogP contribution in [-0.4, -0.2) is 61.7 Å². The van der Waals surface area contributed by atoms with E-state index in [-0.39, 0.29) is 0 Å². The van der Waals surface area contributed by atoms with Crippen LogP contribution >= 0.6 is 0 Å². The van der Waals surface area contributed by atoms with E-state index in [2.05, 4.69) is 22.0 Å². The first kappa shape index (κ1) is 15.3. The van der Waals surface area contributed by atoms with Crippen molar-refractivity contribution in [3.05, 3.63) is 0 Å². The molecule has 0 radical (unpaired) electrons. The van der Waals surface area contributed by atoms with Crippen molar-refractivity contribution >= 4 is 0 Å². The molecule has 2 aliphatic rings. The Morgan fingerprint density at radius 2 is 1.47 bits per heavy atom. The molecule has 0 atom stereocenters. The van der Waals surface area contributed by atoms with Crippen molar-refractivity contribution < 1.29 is 0 Å². The summed E-state index contributed by atoms with van der Waals surface area (Å²) in [6.07, 6.45) is 10.0. The molecule has 0 aromatic rings. The van der Waals surface area contributed by atoms with Gasteiger partial charge in [-0.25, -0.2) is 0 Å². The summed E-state index contributed by atoms with van der Waals surface area (Å²) in [4.78, 5) is 5.35. The molecule has 112 valence electrons. The Labute approximate surface area is 119 Å². The minimum Gasteiger partial charge on any atom is -0.314 e. The molecule has 19 heavy (non-hydrogen) atoms. The summed E-state index contributed by atoms with van der Waals surface area (Å²) in [6.45, 7) is 11.3. The lowest BCUT2D eigenvalue weighted by Gasteiger charge is -2.43. The zero-order chi connectivity index (χ0) is 13.3. The average Bonchev–Trinajstić information content (AvgIpc) is 2.38. The second-order valence-corrected chi connectivity index (χ2v) is 6.31. The van der Waals surface area contributed by atoms with Crippen molar-refractivity contribution in [2.24, 2.45) is 0 Å². The molecule has 0 aliphatic carbocycles. The van der Waals surface area contributed by atoms with Crippen LogP contribution in [0.5, 0.6) is 0 Å². The highest BCUT2D eigenvalue weighted by atomic mass is 15.3. The van der Waals surface area contributed by atoms with Gasteiger partial charge in [-0.1, -0.05) is 45.4 Å². The third-order valence-corrected chi connectivity index (χ3v) is 4.76. The van der Waals surface area contributed by atoms with Crippen LogP contribution in [0.2, 0.25) is 0 Å². The van der Waals surface area contributed by atoms with E-state index >= 15 is 0 Å². The topological polar surface area (TPSA) is 18.5 Å². The molecule has 0 saturated carbocycles. The first-order chi connectivity index (χ1) is 9.40. The second kappa shape index (κ2) is 8.93. The third kappa shape index (κ3) is 5.41. The number of rotatable bonds is 9. The molecule has 0 aromatic heterocycles. The number of nitrogens with one attached hydrogen (secondary N) is 1. The first-order valence-electron chi connectivity index (χ1n) is 8.57. The summed E-state index contributed by atoms with van der Waals surface area (Å²) >= 11 is 0. The van der Waals surface area contributed by atoms with Crippen LogP contribution in [-0.2, 0) is 0 Å². The van der Waals surface area contributed by atoms with Crippen LogP contribution in [0.1, 0.15) is 51.9 Å². The summed E-state index contributed by atoms with van der Waals surface area (Å²) < 4.78 is 0. The maximum atomic E-state index is 3.38. The maximum absolute atomic E-state index is 3.38. The van der Waals surface area contributed by atoms with E-state index in [9.17, 15) is 0 Å². The van der Waals surface area contributed by atoms with Gasteiger partial charge in [0.1, 0.15) is 0 Å². The van der Waals surface area contributed by atoms with E-state index in [4.69, 9.17) is 0 Å². The molecule has 2 aliphatic heterocycles. The molecule has 3 heteroatoms. The molecule has 0 amide bonds. The third-order valence-electron chi connectivity index (χ3n) is 4.76. The van der Waals surface area contributed by atoms with Crippen LogP contribution in [0.3, 0.4) is 0 Å². The lowest BCUT2D eigenvalue weighted by atomic mass is 10.1. The standard InChI is InChI=1S/C16H33N3/c1-2-3-4-5-6-7-8-9-18-10-12-19(13-11-18)16-14-17-15-16/h16-17H,2-15H2,1H3. The Morgan fingerprint density at radius 3 is 2.05 bits per heavy atom. The minimum absolute atomic E-state index is 0.848. The smallest absolute Gasteiger partial charge is 0.0346 e. The Bertz CT molecular complexity index is 220. The summed E-state index contributed by atoms with van der Waals surface area (Å²) in [5, 5.41) is 3.38. The zero-order valence-electron chi connectivity index (χ0n) is 12.9. The predicted molar refractivity (Wildman–Crippen MR) is 82.7 cm³/mol. The first-order valence-corrected chi connectivity index (χ1v) is 8.57. The summed E-state index contributed by atoms with van der Waals surface area (Å²) in [5.74, 6) is 0. The molecule has 2 heterocycles. The molecular weight excluding hydrogens is 234 g/mol. The second-order valence-electron chi connectivity index (χ2n) is 6.31. The largest absolute Gasteiger partial charge is 0.314 e. The van der Waals surface area contributed by atoms with Gasteiger partial charge in [0, 0.05) is 45.3 Å². The quantitative estimate of drug-likeness (QED) is 0.647.